The van der Waals surface area contributed by atoms with Crippen molar-refractivity contribution in [2.45, 2.75) is 6.42 Å². The van der Waals surface area contributed by atoms with Gasteiger partial charge in [-0.1, -0.05) is 0 Å². The Morgan fingerprint density at radius 1 is 0.962 bits per heavy atom. The van der Waals surface area contributed by atoms with Crippen LogP contribution in [0.5, 0.6) is 11.5 Å². The molecular formula is C18H29NO7. The van der Waals surface area contributed by atoms with Crippen molar-refractivity contribution in [2.75, 3.05) is 67.0 Å². The van der Waals surface area contributed by atoms with E-state index in [1.165, 1.54) is 18.2 Å². The molecule has 0 saturated heterocycles. The number of phenols is 1. The van der Waals surface area contributed by atoms with Crippen molar-refractivity contribution in [3.8, 4) is 11.5 Å². The van der Waals surface area contributed by atoms with E-state index in [0.717, 1.165) is 6.42 Å². The summed E-state index contributed by atoms with van der Waals surface area (Å²) >= 11 is 0. The van der Waals surface area contributed by atoms with Crippen molar-refractivity contribution in [3.05, 3.63) is 23.8 Å². The van der Waals surface area contributed by atoms with Crippen LogP contribution in [0.25, 0.3) is 0 Å². The number of benzene rings is 1. The fraction of sp³-hybridized carbons (Fsp3) is 0.611. The van der Waals surface area contributed by atoms with Crippen LogP contribution in [0.4, 0.5) is 0 Å². The van der Waals surface area contributed by atoms with Crippen LogP contribution in [-0.2, 0) is 18.9 Å². The second-order valence-electron chi connectivity index (χ2n) is 5.29. The minimum absolute atomic E-state index is 0.0218. The average Bonchev–Trinajstić information content (AvgIpc) is 2.66. The van der Waals surface area contributed by atoms with Crippen LogP contribution < -0.4 is 10.1 Å². The number of carbonyl (C=O) groups is 1. The molecule has 0 bridgehead atoms. The molecule has 26 heavy (non-hydrogen) atoms. The summed E-state index contributed by atoms with van der Waals surface area (Å²) in [6, 6.07) is 4.44. The lowest BCUT2D eigenvalue weighted by atomic mass is 10.2. The molecule has 0 saturated carbocycles. The summed E-state index contributed by atoms with van der Waals surface area (Å²) in [7, 11) is 3.21. The zero-order valence-corrected chi connectivity index (χ0v) is 15.5. The summed E-state index contributed by atoms with van der Waals surface area (Å²) < 4.78 is 26.5. The zero-order valence-electron chi connectivity index (χ0n) is 15.5. The quantitative estimate of drug-likeness (QED) is 0.448. The Bertz CT molecular complexity index is 510. The molecule has 148 valence electrons. The van der Waals surface area contributed by atoms with Crippen LogP contribution in [0.15, 0.2) is 18.2 Å². The highest BCUT2D eigenvalue weighted by atomic mass is 16.6. The van der Waals surface area contributed by atoms with Crippen molar-refractivity contribution < 1.29 is 33.6 Å². The second-order valence-corrected chi connectivity index (χ2v) is 5.29. The maximum Gasteiger partial charge on any atom is 0.251 e. The lowest BCUT2D eigenvalue weighted by molar-refractivity contribution is 0.00658. The molecule has 1 aromatic carbocycles. The fourth-order valence-corrected chi connectivity index (χ4v) is 1.97. The number of rotatable bonds is 15. The van der Waals surface area contributed by atoms with Gasteiger partial charge in [-0.05, 0) is 24.6 Å². The van der Waals surface area contributed by atoms with Gasteiger partial charge in [0, 0.05) is 32.9 Å². The van der Waals surface area contributed by atoms with Crippen molar-refractivity contribution in [3.63, 3.8) is 0 Å². The van der Waals surface area contributed by atoms with E-state index in [0.29, 0.717) is 51.8 Å². The van der Waals surface area contributed by atoms with Crippen LogP contribution in [0.3, 0.4) is 0 Å². The molecule has 2 N–H and O–H groups in total. The van der Waals surface area contributed by atoms with Gasteiger partial charge in [-0.2, -0.15) is 0 Å². The molecule has 8 nitrogen and oxygen atoms in total. The zero-order chi connectivity index (χ0) is 19.0. The first-order valence-corrected chi connectivity index (χ1v) is 8.59. The summed E-state index contributed by atoms with van der Waals surface area (Å²) in [5, 5.41) is 12.3. The molecule has 0 spiro atoms. The molecule has 1 amide bonds. The molecule has 0 heterocycles. The highest BCUT2D eigenvalue weighted by molar-refractivity contribution is 5.94. The first-order valence-electron chi connectivity index (χ1n) is 8.59. The molecule has 0 aliphatic carbocycles. The van der Waals surface area contributed by atoms with E-state index in [1.54, 1.807) is 14.2 Å². The normalized spacial score (nSPS) is 10.7. The number of carbonyl (C=O) groups excluding carboxylic acids is 1. The maximum atomic E-state index is 11.6. The van der Waals surface area contributed by atoms with E-state index in [4.69, 9.17) is 23.7 Å². The van der Waals surface area contributed by atoms with Gasteiger partial charge >= 0.3 is 0 Å². The Balaban J connectivity index is 2.03. The first kappa shape index (κ1) is 22.2. The van der Waals surface area contributed by atoms with Crippen LogP contribution in [-0.4, -0.2) is 78.0 Å². The highest BCUT2D eigenvalue weighted by Crippen LogP contribution is 2.26. The number of aromatic hydroxyl groups is 1. The minimum Gasteiger partial charge on any atom is -0.504 e. The summed E-state index contributed by atoms with van der Waals surface area (Å²) in [5.41, 5.74) is 0.416. The van der Waals surface area contributed by atoms with Crippen LogP contribution >= 0.6 is 0 Å². The van der Waals surface area contributed by atoms with E-state index < -0.39 is 0 Å². The molecule has 1 aromatic rings. The van der Waals surface area contributed by atoms with Gasteiger partial charge in [-0.15, -0.1) is 0 Å². The number of phenolic OH excluding ortho intramolecular Hbond substituents is 1. The van der Waals surface area contributed by atoms with Gasteiger partial charge in [0.05, 0.1) is 33.0 Å². The van der Waals surface area contributed by atoms with Crippen molar-refractivity contribution in [1.82, 2.24) is 5.32 Å². The van der Waals surface area contributed by atoms with E-state index in [1.807, 2.05) is 0 Å². The summed E-state index contributed by atoms with van der Waals surface area (Å²) in [4.78, 5) is 11.6. The summed E-state index contributed by atoms with van der Waals surface area (Å²) in [6.45, 7) is 3.95. The Morgan fingerprint density at radius 2 is 1.58 bits per heavy atom. The third kappa shape index (κ3) is 9.57. The number of methoxy groups -OCH3 is 1. The Morgan fingerprint density at radius 3 is 2.19 bits per heavy atom. The van der Waals surface area contributed by atoms with Gasteiger partial charge in [-0.25, -0.2) is 0 Å². The third-order valence-electron chi connectivity index (χ3n) is 3.32. The molecule has 0 aromatic heterocycles. The average molecular weight is 371 g/mol. The predicted molar refractivity (Wildman–Crippen MR) is 95.9 cm³/mol. The van der Waals surface area contributed by atoms with Crippen molar-refractivity contribution in [2.24, 2.45) is 0 Å². The van der Waals surface area contributed by atoms with Gasteiger partial charge in [0.1, 0.15) is 6.61 Å². The monoisotopic (exact) mass is 371 g/mol. The van der Waals surface area contributed by atoms with Crippen LogP contribution in [0.2, 0.25) is 0 Å². The second kappa shape index (κ2) is 14.3. The van der Waals surface area contributed by atoms with E-state index >= 15 is 0 Å². The van der Waals surface area contributed by atoms with Gasteiger partial charge in [-0.3, -0.25) is 4.79 Å². The van der Waals surface area contributed by atoms with E-state index in [-0.39, 0.29) is 24.0 Å². The number of hydrogen-bond donors (Lipinski definition) is 2. The summed E-state index contributed by atoms with van der Waals surface area (Å²) in [5.74, 6) is -0.0195. The van der Waals surface area contributed by atoms with Crippen molar-refractivity contribution in [1.29, 1.82) is 0 Å². The standard InChI is InChI=1S/C18H29NO7/c1-19-18(21)15-4-5-16(20)17(14-15)26-13-12-25-11-10-24-9-8-23-7-3-6-22-2/h4-5,14,20H,3,6-13H2,1-2H3,(H,19,21). The molecule has 1 rings (SSSR count). The van der Waals surface area contributed by atoms with Gasteiger partial charge in [0.2, 0.25) is 0 Å². The Hall–Kier alpha value is -1.87. The van der Waals surface area contributed by atoms with Gasteiger partial charge < -0.3 is 34.1 Å². The maximum absolute atomic E-state index is 11.6. The molecule has 0 aliphatic heterocycles. The summed E-state index contributed by atoms with van der Waals surface area (Å²) in [6.07, 6.45) is 0.876. The van der Waals surface area contributed by atoms with Crippen molar-refractivity contribution >= 4 is 5.91 Å². The molecule has 0 atom stereocenters. The smallest absolute Gasteiger partial charge is 0.251 e. The first-order chi connectivity index (χ1) is 12.7. The minimum atomic E-state index is -0.245. The Labute approximate surface area is 154 Å². The van der Waals surface area contributed by atoms with E-state index in [9.17, 15) is 9.90 Å². The molecule has 0 aliphatic rings. The van der Waals surface area contributed by atoms with Gasteiger partial charge in [0.15, 0.2) is 11.5 Å². The lowest BCUT2D eigenvalue weighted by Gasteiger charge is -2.10. The highest BCUT2D eigenvalue weighted by Gasteiger charge is 2.08. The number of hydrogen-bond acceptors (Lipinski definition) is 7. The number of amides is 1. The molecule has 8 heteroatoms. The van der Waals surface area contributed by atoms with E-state index in [2.05, 4.69) is 5.32 Å². The van der Waals surface area contributed by atoms with Crippen LogP contribution in [0.1, 0.15) is 16.8 Å². The molecule has 0 radical (unpaired) electrons. The Kier molecular flexibility index (Phi) is 12.2. The topological polar surface area (TPSA) is 95.5 Å². The molecular weight excluding hydrogens is 342 g/mol. The number of nitrogens with one attached hydrogen (secondary N) is 1. The predicted octanol–water partition coefficient (Wildman–Crippen LogP) is 1.22. The largest absolute Gasteiger partial charge is 0.504 e. The molecule has 0 unspecified atom stereocenters. The fourth-order valence-electron chi connectivity index (χ4n) is 1.97. The molecule has 0 fully saturated rings. The number of ether oxygens (including phenoxy) is 5. The lowest BCUT2D eigenvalue weighted by Crippen LogP contribution is -2.18. The SMILES string of the molecule is CNC(=O)c1ccc(O)c(OCCOCCOCCOCCCOC)c1. The third-order valence-corrected chi connectivity index (χ3v) is 3.32. The van der Waals surface area contributed by atoms with Crippen LogP contribution in [0, 0.1) is 0 Å². The van der Waals surface area contributed by atoms with Gasteiger partial charge in [0.25, 0.3) is 5.91 Å².